The molecule has 1 heterocycles. The normalized spacial score (nSPS) is 10.2. The fourth-order valence-corrected chi connectivity index (χ4v) is 2.30. The molecule has 2 N–H and O–H groups in total. The van der Waals surface area contributed by atoms with Gasteiger partial charge in [0.05, 0.1) is 18.6 Å². The highest BCUT2D eigenvalue weighted by Gasteiger charge is 2.07. The van der Waals surface area contributed by atoms with Crippen molar-refractivity contribution in [3.05, 3.63) is 36.0 Å². The molecule has 0 saturated heterocycles. The van der Waals surface area contributed by atoms with Crippen molar-refractivity contribution in [2.45, 2.75) is 12.7 Å². The van der Waals surface area contributed by atoms with Crippen molar-refractivity contribution < 1.29 is 18.8 Å². The van der Waals surface area contributed by atoms with Crippen LogP contribution in [-0.2, 0) is 15.3 Å². The highest BCUT2D eigenvalue weighted by atomic mass is 32.2. The molecule has 0 radical (unpaired) electrons. The van der Waals surface area contributed by atoms with E-state index in [0.717, 1.165) is 0 Å². The minimum absolute atomic E-state index is 0.135. The Morgan fingerprint density at radius 2 is 1.87 bits per heavy atom. The number of nitrogens with one attached hydrogen (secondary N) is 2. The monoisotopic (exact) mass is 336 g/mol. The third-order valence-electron chi connectivity index (χ3n) is 2.63. The topological polar surface area (TPSA) is 106 Å². The summed E-state index contributed by atoms with van der Waals surface area (Å²) in [6.45, 7) is 1.71. The SMILES string of the molecule is COC(=O)Nc1ccc(NC(=O)CSCc2noc(C)n2)cc1. The summed E-state index contributed by atoms with van der Waals surface area (Å²) in [4.78, 5) is 26.9. The second-order valence-corrected chi connectivity index (χ2v) is 5.45. The Balaban J connectivity index is 1.75. The van der Waals surface area contributed by atoms with Crippen molar-refractivity contribution in [1.29, 1.82) is 0 Å². The third kappa shape index (κ3) is 5.62. The molecule has 0 aliphatic rings. The first kappa shape index (κ1) is 16.8. The molecule has 0 bridgehead atoms. The van der Waals surface area contributed by atoms with E-state index in [1.54, 1.807) is 31.2 Å². The van der Waals surface area contributed by atoms with Crippen LogP contribution in [0.2, 0.25) is 0 Å². The minimum Gasteiger partial charge on any atom is -0.453 e. The van der Waals surface area contributed by atoms with E-state index >= 15 is 0 Å². The molecule has 0 atom stereocenters. The Hall–Kier alpha value is -2.55. The van der Waals surface area contributed by atoms with E-state index in [-0.39, 0.29) is 11.7 Å². The molecule has 9 heteroatoms. The van der Waals surface area contributed by atoms with Gasteiger partial charge in [0, 0.05) is 18.3 Å². The van der Waals surface area contributed by atoms with Crippen LogP contribution in [0.25, 0.3) is 0 Å². The summed E-state index contributed by atoms with van der Waals surface area (Å²) in [5, 5.41) is 9.04. The number of benzene rings is 1. The van der Waals surface area contributed by atoms with Gasteiger partial charge in [-0.2, -0.15) is 4.98 Å². The number of rotatable bonds is 6. The van der Waals surface area contributed by atoms with Crippen LogP contribution in [0.3, 0.4) is 0 Å². The van der Waals surface area contributed by atoms with Crippen molar-refractivity contribution in [2.75, 3.05) is 23.5 Å². The molecule has 122 valence electrons. The van der Waals surface area contributed by atoms with E-state index in [1.807, 2.05) is 0 Å². The van der Waals surface area contributed by atoms with Crippen molar-refractivity contribution >= 4 is 35.1 Å². The average molecular weight is 336 g/mol. The lowest BCUT2D eigenvalue weighted by Gasteiger charge is -2.07. The lowest BCUT2D eigenvalue weighted by atomic mass is 10.3. The maximum absolute atomic E-state index is 11.8. The van der Waals surface area contributed by atoms with Gasteiger partial charge < -0.3 is 14.6 Å². The smallest absolute Gasteiger partial charge is 0.411 e. The van der Waals surface area contributed by atoms with E-state index in [0.29, 0.717) is 28.8 Å². The third-order valence-corrected chi connectivity index (χ3v) is 3.56. The number of ether oxygens (including phenoxy) is 1. The number of amides is 2. The van der Waals surface area contributed by atoms with Gasteiger partial charge in [-0.25, -0.2) is 4.79 Å². The molecule has 2 amide bonds. The van der Waals surface area contributed by atoms with Crippen LogP contribution in [0, 0.1) is 6.92 Å². The first-order valence-electron chi connectivity index (χ1n) is 6.68. The largest absolute Gasteiger partial charge is 0.453 e. The van der Waals surface area contributed by atoms with Gasteiger partial charge in [0.2, 0.25) is 11.8 Å². The Morgan fingerprint density at radius 1 is 1.22 bits per heavy atom. The number of aromatic nitrogens is 2. The number of hydrogen-bond donors (Lipinski definition) is 2. The molecule has 23 heavy (non-hydrogen) atoms. The number of methoxy groups -OCH3 is 1. The van der Waals surface area contributed by atoms with Crippen molar-refractivity contribution in [3.63, 3.8) is 0 Å². The van der Waals surface area contributed by atoms with Gasteiger partial charge in [-0.05, 0) is 24.3 Å². The lowest BCUT2D eigenvalue weighted by molar-refractivity contribution is -0.113. The molecule has 0 aliphatic heterocycles. The zero-order chi connectivity index (χ0) is 16.7. The molecule has 2 rings (SSSR count). The van der Waals surface area contributed by atoms with E-state index in [4.69, 9.17) is 4.52 Å². The second kappa shape index (κ2) is 8.18. The molecular weight excluding hydrogens is 320 g/mol. The second-order valence-electron chi connectivity index (χ2n) is 4.46. The number of carbonyl (C=O) groups excluding carboxylic acids is 2. The molecule has 1 aromatic heterocycles. The van der Waals surface area contributed by atoms with Gasteiger partial charge >= 0.3 is 6.09 Å². The van der Waals surface area contributed by atoms with Crippen LogP contribution in [0.1, 0.15) is 11.7 Å². The van der Waals surface area contributed by atoms with Gasteiger partial charge in [-0.1, -0.05) is 5.16 Å². The quantitative estimate of drug-likeness (QED) is 0.834. The number of carbonyl (C=O) groups is 2. The predicted octanol–water partition coefficient (Wildman–Crippen LogP) is 2.43. The maximum atomic E-state index is 11.8. The lowest BCUT2D eigenvalue weighted by Crippen LogP contribution is -2.14. The molecule has 0 aliphatic carbocycles. The summed E-state index contributed by atoms with van der Waals surface area (Å²) < 4.78 is 9.34. The van der Waals surface area contributed by atoms with Crippen molar-refractivity contribution in [2.24, 2.45) is 0 Å². The minimum atomic E-state index is -0.546. The van der Waals surface area contributed by atoms with Crippen LogP contribution < -0.4 is 10.6 Å². The zero-order valence-corrected chi connectivity index (χ0v) is 13.5. The highest BCUT2D eigenvalue weighted by Crippen LogP contribution is 2.15. The van der Waals surface area contributed by atoms with E-state index < -0.39 is 6.09 Å². The summed E-state index contributed by atoms with van der Waals surface area (Å²) in [6.07, 6.45) is -0.546. The predicted molar refractivity (Wildman–Crippen MR) is 86.3 cm³/mol. The van der Waals surface area contributed by atoms with Crippen molar-refractivity contribution in [3.8, 4) is 0 Å². The standard InChI is InChI=1S/C14H16N4O4S/c1-9-15-12(18-22-9)7-23-8-13(19)16-10-3-5-11(6-4-10)17-14(20)21-2/h3-6H,7-8H2,1-2H3,(H,16,19)(H,17,20). The summed E-state index contributed by atoms with van der Waals surface area (Å²) in [7, 11) is 1.29. The van der Waals surface area contributed by atoms with Crippen molar-refractivity contribution in [1.82, 2.24) is 10.1 Å². The Bertz CT molecular complexity index is 672. The molecule has 1 aromatic carbocycles. The number of aryl methyl sites for hydroxylation is 1. The van der Waals surface area contributed by atoms with E-state index in [9.17, 15) is 9.59 Å². The van der Waals surface area contributed by atoms with Crippen LogP contribution in [0.4, 0.5) is 16.2 Å². The van der Waals surface area contributed by atoms with Gasteiger partial charge in [0.15, 0.2) is 5.82 Å². The molecule has 2 aromatic rings. The summed E-state index contributed by atoms with van der Waals surface area (Å²) in [6, 6.07) is 6.72. The first-order chi connectivity index (χ1) is 11.1. The molecule has 0 spiro atoms. The summed E-state index contributed by atoms with van der Waals surface area (Å²) in [5.74, 6) is 1.72. The Labute approximate surface area is 137 Å². The molecule has 0 fully saturated rings. The van der Waals surface area contributed by atoms with E-state index in [1.165, 1.54) is 18.9 Å². The number of nitrogens with zero attached hydrogens (tertiary/aromatic N) is 2. The molecule has 0 unspecified atom stereocenters. The zero-order valence-electron chi connectivity index (χ0n) is 12.7. The van der Waals surface area contributed by atoms with Crippen LogP contribution in [0.15, 0.2) is 28.8 Å². The number of hydrogen-bond acceptors (Lipinski definition) is 7. The molecular formula is C14H16N4O4S. The summed E-state index contributed by atoms with van der Waals surface area (Å²) >= 11 is 1.39. The van der Waals surface area contributed by atoms with Crippen LogP contribution >= 0.6 is 11.8 Å². The van der Waals surface area contributed by atoms with Gasteiger partial charge in [0.1, 0.15) is 0 Å². The van der Waals surface area contributed by atoms with Gasteiger partial charge in [-0.3, -0.25) is 10.1 Å². The average Bonchev–Trinajstić information content (AvgIpc) is 2.94. The molecule has 8 nitrogen and oxygen atoms in total. The van der Waals surface area contributed by atoms with Crippen LogP contribution in [0.5, 0.6) is 0 Å². The fraction of sp³-hybridized carbons (Fsp3) is 0.286. The van der Waals surface area contributed by atoms with Crippen LogP contribution in [-0.4, -0.2) is 35.0 Å². The number of thioether (sulfide) groups is 1. The number of anilines is 2. The fourth-order valence-electron chi connectivity index (χ4n) is 1.64. The summed E-state index contributed by atoms with van der Waals surface area (Å²) in [5.41, 5.74) is 1.22. The van der Waals surface area contributed by atoms with Gasteiger partial charge in [-0.15, -0.1) is 11.8 Å². The Morgan fingerprint density at radius 3 is 2.43 bits per heavy atom. The highest BCUT2D eigenvalue weighted by molar-refractivity contribution is 7.99. The molecule has 0 saturated carbocycles. The maximum Gasteiger partial charge on any atom is 0.411 e. The first-order valence-corrected chi connectivity index (χ1v) is 7.84. The van der Waals surface area contributed by atoms with E-state index in [2.05, 4.69) is 25.5 Å². The van der Waals surface area contributed by atoms with Gasteiger partial charge in [0.25, 0.3) is 0 Å². The Kier molecular flexibility index (Phi) is 5.98.